The van der Waals surface area contributed by atoms with Gasteiger partial charge in [0.25, 0.3) is 11.5 Å². The topological polar surface area (TPSA) is 83.9 Å². The molecule has 0 fully saturated rings. The molecule has 0 saturated heterocycles. The lowest BCUT2D eigenvalue weighted by Gasteiger charge is -2.20. The summed E-state index contributed by atoms with van der Waals surface area (Å²) < 4.78 is 1.80. The molecular weight excluding hydrogens is 438 g/mol. The molecular formula is C28H25N5O2. The number of carbonyl (C=O) groups is 1. The number of para-hydroxylation sites is 1. The SMILES string of the molecule is CCN(Cc1nc2ccccc2c(=O)[nH]1)C(=O)c1cn(Cc2ccccc2)nc1-c1ccccc1. The molecule has 0 unspecified atom stereocenters. The first-order valence-corrected chi connectivity index (χ1v) is 11.6. The number of rotatable bonds is 7. The van der Waals surface area contributed by atoms with Crippen LogP contribution in [0.1, 0.15) is 28.7 Å². The van der Waals surface area contributed by atoms with Gasteiger partial charge in [0.1, 0.15) is 11.5 Å². The van der Waals surface area contributed by atoms with Crippen molar-refractivity contribution in [3.8, 4) is 11.3 Å². The monoisotopic (exact) mass is 463 g/mol. The molecule has 0 aliphatic heterocycles. The number of hydrogen-bond acceptors (Lipinski definition) is 4. The second-order valence-corrected chi connectivity index (χ2v) is 8.29. The van der Waals surface area contributed by atoms with Crippen LogP contribution in [0.15, 0.2) is 95.9 Å². The third-order valence-corrected chi connectivity index (χ3v) is 5.90. The van der Waals surface area contributed by atoms with Gasteiger partial charge in [-0.05, 0) is 24.6 Å². The Labute approximate surface area is 202 Å². The molecule has 5 rings (SSSR count). The zero-order valence-corrected chi connectivity index (χ0v) is 19.4. The van der Waals surface area contributed by atoms with Crippen LogP contribution in [0, 0.1) is 0 Å². The summed E-state index contributed by atoms with van der Waals surface area (Å²) in [5.74, 6) is 0.281. The molecule has 1 N–H and O–H groups in total. The van der Waals surface area contributed by atoms with Gasteiger partial charge in [0.05, 0.1) is 29.6 Å². The fourth-order valence-electron chi connectivity index (χ4n) is 4.13. The zero-order valence-electron chi connectivity index (χ0n) is 19.4. The molecule has 2 heterocycles. The van der Waals surface area contributed by atoms with Crippen molar-refractivity contribution in [2.45, 2.75) is 20.0 Å². The van der Waals surface area contributed by atoms with E-state index in [9.17, 15) is 9.59 Å². The predicted molar refractivity (Wildman–Crippen MR) is 136 cm³/mol. The minimum absolute atomic E-state index is 0.165. The van der Waals surface area contributed by atoms with E-state index in [-0.39, 0.29) is 18.0 Å². The molecule has 2 aromatic heterocycles. The Balaban J connectivity index is 1.49. The van der Waals surface area contributed by atoms with Crippen LogP contribution in [0.3, 0.4) is 0 Å². The standard InChI is InChI=1S/C28H25N5O2/c1-2-32(19-25-29-24-16-10-9-15-22(24)27(34)30-25)28(35)23-18-33(17-20-11-5-3-6-12-20)31-26(23)21-13-7-4-8-14-21/h3-16,18H,2,17,19H2,1H3,(H,29,30,34). The maximum absolute atomic E-state index is 13.7. The van der Waals surface area contributed by atoms with Crippen molar-refractivity contribution in [2.24, 2.45) is 0 Å². The first-order chi connectivity index (χ1) is 17.1. The summed E-state index contributed by atoms with van der Waals surface area (Å²) in [5, 5.41) is 5.30. The van der Waals surface area contributed by atoms with Crippen LogP contribution in [0.4, 0.5) is 0 Å². The average molecular weight is 464 g/mol. The Hall–Kier alpha value is -4.52. The molecule has 0 saturated carbocycles. The van der Waals surface area contributed by atoms with Crippen LogP contribution in [0.2, 0.25) is 0 Å². The molecule has 0 aliphatic rings. The van der Waals surface area contributed by atoms with E-state index < -0.39 is 0 Å². The number of aromatic nitrogens is 4. The summed E-state index contributed by atoms with van der Waals surface area (Å²) in [6, 6.07) is 26.9. The molecule has 3 aromatic carbocycles. The van der Waals surface area contributed by atoms with Crippen LogP contribution in [0.5, 0.6) is 0 Å². The summed E-state index contributed by atoms with van der Waals surface area (Å²) in [4.78, 5) is 35.3. The summed E-state index contributed by atoms with van der Waals surface area (Å²) in [6.45, 7) is 3.11. The minimum Gasteiger partial charge on any atom is -0.331 e. The fraction of sp³-hybridized carbons (Fsp3) is 0.143. The van der Waals surface area contributed by atoms with Crippen LogP contribution in [-0.4, -0.2) is 37.1 Å². The second-order valence-electron chi connectivity index (χ2n) is 8.29. The van der Waals surface area contributed by atoms with Gasteiger partial charge in [-0.15, -0.1) is 0 Å². The Bertz CT molecular complexity index is 1520. The Morgan fingerprint density at radius 2 is 1.63 bits per heavy atom. The van der Waals surface area contributed by atoms with Gasteiger partial charge in [-0.3, -0.25) is 14.3 Å². The van der Waals surface area contributed by atoms with Gasteiger partial charge in [0, 0.05) is 18.3 Å². The number of H-pyrrole nitrogens is 1. The Morgan fingerprint density at radius 3 is 2.37 bits per heavy atom. The molecule has 0 atom stereocenters. The molecule has 35 heavy (non-hydrogen) atoms. The van der Waals surface area contributed by atoms with Crippen molar-refractivity contribution in [3.05, 3.63) is 118 Å². The molecule has 0 radical (unpaired) electrons. The van der Waals surface area contributed by atoms with Crippen molar-refractivity contribution < 1.29 is 4.79 Å². The molecule has 7 nitrogen and oxygen atoms in total. The average Bonchev–Trinajstić information content (AvgIpc) is 3.32. The molecule has 7 heteroatoms. The van der Waals surface area contributed by atoms with Gasteiger partial charge in [0.2, 0.25) is 0 Å². The van der Waals surface area contributed by atoms with Gasteiger partial charge < -0.3 is 9.88 Å². The number of nitrogens with zero attached hydrogens (tertiary/aromatic N) is 4. The van der Waals surface area contributed by atoms with Crippen molar-refractivity contribution >= 4 is 16.8 Å². The quantitative estimate of drug-likeness (QED) is 0.385. The summed E-state index contributed by atoms with van der Waals surface area (Å²) >= 11 is 0. The number of aromatic amines is 1. The normalized spacial score (nSPS) is 11.0. The Morgan fingerprint density at radius 1 is 0.943 bits per heavy atom. The lowest BCUT2D eigenvalue weighted by Crippen LogP contribution is -2.32. The van der Waals surface area contributed by atoms with Crippen LogP contribution in [-0.2, 0) is 13.1 Å². The molecule has 174 valence electrons. The van der Waals surface area contributed by atoms with Gasteiger partial charge in [-0.2, -0.15) is 5.10 Å². The van der Waals surface area contributed by atoms with Crippen LogP contribution >= 0.6 is 0 Å². The highest BCUT2D eigenvalue weighted by molar-refractivity contribution is 5.99. The maximum Gasteiger partial charge on any atom is 0.258 e. The van der Waals surface area contributed by atoms with E-state index in [0.717, 1.165) is 11.1 Å². The van der Waals surface area contributed by atoms with Crippen molar-refractivity contribution in [1.82, 2.24) is 24.6 Å². The zero-order chi connectivity index (χ0) is 24.2. The van der Waals surface area contributed by atoms with Crippen LogP contribution in [0.25, 0.3) is 22.2 Å². The first-order valence-electron chi connectivity index (χ1n) is 11.6. The van der Waals surface area contributed by atoms with E-state index in [1.165, 1.54) is 0 Å². The van der Waals surface area contributed by atoms with E-state index in [0.29, 0.717) is 41.1 Å². The Kier molecular flexibility index (Phi) is 6.22. The lowest BCUT2D eigenvalue weighted by atomic mass is 10.1. The summed E-state index contributed by atoms with van der Waals surface area (Å²) in [7, 11) is 0. The van der Waals surface area contributed by atoms with Gasteiger partial charge in [0.15, 0.2) is 0 Å². The lowest BCUT2D eigenvalue weighted by molar-refractivity contribution is 0.0749. The molecule has 5 aromatic rings. The minimum atomic E-state index is -0.213. The number of benzene rings is 3. The van der Waals surface area contributed by atoms with E-state index in [1.54, 1.807) is 34.0 Å². The fourth-order valence-corrected chi connectivity index (χ4v) is 4.13. The van der Waals surface area contributed by atoms with Crippen LogP contribution < -0.4 is 5.56 Å². The van der Waals surface area contributed by atoms with E-state index in [4.69, 9.17) is 5.10 Å². The highest BCUT2D eigenvalue weighted by Crippen LogP contribution is 2.24. The van der Waals surface area contributed by atoms with E-state index in [1.807, 2.05) is 73.7 Å². The highest BCUT2D eigenvalue weighted by Gasteiger charge is 2.23. The molecule has 0 aliphatic carbocycles. The van der Waals surface area contributed by atoms with Gasteiger partial charge in [-0.25, -0.2) is 4.98 Å². The highest BCUT2D eigenvalue weighted by atomic mass is 16.2. The van der Waals surface area contributed by atoms with Crippen molar-refractivity contribution in [1.29, 1.82) is 0 Å². The number of hydrogen-bond donors (Lipinski definition) is 1. The number of nitrogens with one attached hydrogen (secondary N) is 1. The largest absolute Gasteiger partial charge is 0.331 e. The third-order valence-electron chi connectivity index (χ3n) is 5.90. The number of amides is 1. The van der Waals surface area contributed by atoms with Gasteiger partial charge in [-0.1, -0.05) is 72.8 Å². The smallest absolute Gasteiger partial charge is 0.258 e. The van der Waals surface area contributed by atoms with E-state index in [2.05, 4.69) is 9.97 Å². The first kappa shape index (κ1) is 22.3. The number of carbonyl (C=O) groups excluding carboxylic acids is 1. The van der Waals surface area contributed by atoms with Gasteiger partial charge >= 0.3 is 0 Å². The summed E-state index contributed by atoms with van der Waals surface area (Å²) in [6.07, 6.45) is 1.80. The molecule has 0 bridgehead atoms. The third kappa shape index (κ3) is 4.75. The van der Waals surface area contributed by atoms with Crippen molar-refractivity contribution in [3.63, 3.8) is 0 Å². The molecule has 0 spiro atoms. The molecule has 1 amide bonds. The maximum atomic E-state index is 13.7. The van der Waals surface area contributed by atoms with Crippen molar-refractivity contribution in [2.75, 3.05) is 6.54 Å². The second kappa shape index (κ2) is 9.77. The number of fused-ring (bicyclic) bond motifs is 1. The predicted octanol–water partition coefficient (Wildman–Crippen LogP) is 4.50. The summed E-state index contributed by atoms with van der Waals surface area (Å²) in [5.41, 5.74) is 3.50. The van der Waals surface area contributed by atoms with E-state index >= 15 is 0 Å².